The van der Waals surface area contributed by atoms with Gasteiger partial charge in [-0.1, -0.05) is 18.2 Å². The van der Waals surface area contributed by atoms with Crippen LogP contribution in [0.15, 0.2) is 24.3 Å². The molecule has 1 aromatic carbocycles. The molecule has 0 aromatic heterocycles. The Hall–Kier alpha value is -2.04. The van der Waals surface area contributed by atoms with Gasteiger partial charge in [0.05, 0.1) is 18.6 Å². The summed E-state index contributed by atoms with van der Waals surface area (Å²) < 4.78 is 5.24. The van der Waals surface area contributed by atoms with Gasteiger partial charge < -0.3 is 15.2 Å². The number of rotatable bonds is 6. The lowest BCUT2D eigenvalue weighted by Crippen LogP contribution is -2.34. The quantitative estimate of drug-likeness (QED) is 0.838. The van der Waals surface area contributed by atoms with Crippen LogP contribution in [-0.2, 0) is 9.59 Å². The molecule has 0 aliphatic heterocycles. The van der Waals surface area contributed by atoms with Crippen molar-refractivity contribution >= 4 is 11.9 Å². The van der Waals surface area contributed by atoms with E-state index in [1.165, 1.54) is 13.8 Å². The molecule has 1 aromatic rings. The van der Waals surface area contributed by atoms with Gasteiger partial charge in [-0.15, -0.1) is 0 Å². The van der Waals surface area contributed by atoms with Gasteiger partial charge in [0, 0.05) is 12.0 Å². The van der Waals surface area contributed by atoms with Crippen molar-refractivity contribution in [1.29, 1.82) is 0 Å². The van der Waals surface area contributed by atoms with E-state index in [0.717, 1.165) is 5.56 Å². The van der Waals surface area contributed by atoms with E-state index in [4.69, 9.17) is 9.84 Å². The summed E-state index contributed by atoms with van der Waals surface area (Å²) in [6.07, 6.45) is -0.0676. The second-order valence-electron chi connectivity index (χ2n) is 5.40. The Kier molecular flexibility index (Phi) is 5.13. The number of carbonyl (C=O) groups is 2. The Morgan fingerprint density at radius 1 is 1.35 bits per heavy atom. The third kappa shape index (κ3) is 3.98. The third-order valence-corrected chi connectivity index (χ3v) is 3.16. The zero-order chi connectivity index (χ0) is 15.3. The zero-order valence-corrected chi connectivity index (χ0v) is 12.3. The second-order valence-corrected chi connectivity index (χ2v) is 5.40. The summed E-state index contributed by atoms with van der Waals surface area (Å²) in [5.74, 6) is -0.591. The van der Waals surface area contributed by atoms with Crippen molar-refractivity contribution in [3.63, 3.8) is 0 Å². The largest absolute Gasteiger partial charge is 0.496 e. The van der Waals surface area contributed by atoms with Gasteiger partial charge in [-0.05, 0) is 26.8 Å². The number of carboxylic acids is 1. The van der Waals surface area contributed by atoms with Crippen molar-refractivity contribution in [2.75, 3.05) is 7.11 Å². The Morgan fingerprint density at radius 2 is 1.95 bits per heavy atom. The number of ether oxygens (including phenoxy) is 1. The first-order valence-corrected chi connectivity index (χ1v) is 6.43. The lowest BCUT2D eigenvalue weighted by atomic mass is 9.89. The second kappa shape index (κ2) is 6.41. The maximum absolute atomic E-state index is 11.9. The minimum Gasteiger partial charge on any atom is -0.496 e. The van der Waals surface area contributed by atoms with E-state index in [0.29, 0.717) is 5.75 Å². The summed E-state index contributed by atoms with van der Waals surface area (Å²) in [7, 11) is 1.57. The maximum atomic E-state index is 11.9. The van der Waals surface area contributed by atoms with E-state index in [1.54, 1.807) is 7.11 Å². The molecule has 1 unspecified atom stereocenters. The molecule has 20 heavy (non-hydrogen) atoms. The Bertz CT molecular complexity index is 496. The topological polar surface area (TPSA) is 75.6 Å². The molecule has 0 fully saturated rings. The number of carboxylic acid groups (broad SMARTS) is 1. The predicted molar refractivity (Wildman–Crippen MR) is 75.6 cm³/mol. The van der Waals surface area contributed by atoms with Crippen LogP contribution in [0.3, 0.4) is 0 Å². The Labute approximate surface area is 118 Å². The van der Waals surface area contributed by atoms with Crippen molar-refractivity contribution in [3.05, 3.63) is 29.8 Å². The van der Waals surface area contributed by atoms with Gasteiger partial charge in [0.25, 0.3) is 0 Å². The van der Waals surface area contributed by atoms with Gasteiger partial charge in [0.1, 0.15) is 5.75 Å². The number of nitrogens with one attached hydrogen (secondary N) is 1. The highest BCUT2D eigenvalue weighted by molar-refractivity contribution is 5.84. The van der Waals surface area contributed by atoms with Crippen molar-refractivity contribution in [2.24, 2.45) is 5.41 Å². The molecule has 1 rings (SSSR count). The number of methoxy groups -OCH3 is 1. The molecule has 0 spiro atoms. The lowest BCUT2D eigenvalue weighted by Gasteiger charge is -2.21. The van der Waals surface area contributed by atoms with E-state index in [2.05, 4.69) is 5.32 Å². The molecule has 0 saturated heterocycles. The SMILES string of the molecule is COc1ccccc1C(C)NC(=O)CC(C)(C)C(=O)O. The summed E-state index contributed by atoms with van der Waals surface area (Å²) in [5, 5.41) is 11.8. The molecule has 0 radical (unpaired) electrons. The van der Waals surface area contributed by atoms with Crippen LogP contribution in [0.2, 0.25) is 0 Å². The molecule has 1 amide bonds. The van der Waals surface area contributed by atoms with Crippen LogP contribution in [-0.4, -0.2) is 24.1 Å². The summed E-state index contributed by atoms with van der Waals surface area (Å²) in [4.78, 5) is 22.9. The molecule has 0 aliphatic rings. The number of para-hydroxylation sites is 1. The van der Waals surface area contributed by atoms with E-state index < -0.39 is 11.4 Å². The summed E-state index contributed by atoms with van der Waals surface area (Å²) in [6.45, 7) is 4.90. The van der Waals surface area contributed by atoms with Gasteiger partial charge in [-0.25, -0.2) is 0 Å². The van der Waals surface area contributed by atoms with E-state index in [1.807, 2.05) is 31.2 Å². The first-order valence-electron chi connectivity index (χ1n) is 6.43. The van der Waals surface area contributed by atoms with Gasteiger partial charge in [0.15, 0.2) is 0 Å². The number of amides is 1. The number of hydrogen-bond acceptors (Lipinski definition) is 3. The van der Waals surface area contributed by atoms with Crippen LogP contribution in [0.25, 0.3) is 0 Å². The molecule has 0 heterocycles. The highest BCUT2D eigenvalue weighted by Gasteiger charge is 2.30. The van der Waals surface area contributed by atoms with Crippen LogP contribution in [0.5, 0.6) is 5.75 Å². The number of carbonyl (C=O) groups excluding carboxylic acids is 1. The smallest absolute Gasteiger partial charge is 0.309 e. The summed E-state index contributed by atoms with van der Waals surface area (Å²) in [6, 6.07) is 7.15. The minimum absolute atomic E-state index is 0.0676. The molecule has 1 atom stereocenters. The minimum atomic E-state index is -1.08. The molecular weight excluding hydrogens is 258 g/mol. The van der Waals surface area contributed by atoms with Gasteiger partial charge in [-0.3, -0.25) is 9.59 Å². The standard InChI is InChI=1S/C15H21NO4/c1-10(11-7-5-6-8-12(11)20-4)16-13(17)9-15(2,3)14(18)19/h5-8,10H,9H2,1-4H3,(H,16,17)(H,18,19). The molecule has 0 aliphatic carbocycles. The van der Waals surface area contributed by atoms with Crippen molar-refractivity contribution in [1.82, 2.24) is 5.32 Å². The fourth-order valence-electron chi connectivity index (χ4n) is 1.87. The van der Waals surface area contributed by atoms with Gasteiger partial charge in [-0.2, -0.15) is 0 Å². The van der Waals surface area contributed by atoms with Crippen molar-refractivity contribution in [3.8, 4) is 5.75 Å². The Balaban J connectivity index is 2.73. The molecule has 2 N–H and O–H groups in total. The normalized spacial score (nSPS) is 12.6. The zero-order valence-electron chi connectivity index (χ0n) is 12.3. The van der Waals surface area contributed by atoms with Crippen molar-refractivity contribution < 1.29 is 19.4 Å². The van der Waals surface area contributed by atoms with E-state index in [-0.39, 0.29) is 18.4 Å². The Morgan fingerprint density at radius 3 is 2.50 bits per heavy atom. The monoisotopic (exact) mass is 279 g/mol. The van der Waals surface area contributed by atoms with Crippen LogP contribution < -0.4 is 10.1 Å². The number of benzene rings is 1. The van der Waals surface area contributed by atoms with Gasteiger partial charge in [0.2, 0.25) is 5.91 Å². The van der Waals surface area contributed by atoms with Crippen LogP contribution >= 0.6 is 0 Å². The number of hydrogen-bond donors (Lipinski definition) is 2. The third-order valence-electron chi connectivity index (χ3n) is 3.16. The van der Waals surface area contributed by atoms with Crippen LogP contribution in [0.1, 0.15) is 38.8 Å². The molecule has 110 valence electrons. The molecule has 5 nitrogen and oxygen atoms in total. The fourth-order valence-corrected chi connectivity index (χ4v) is 1.87. The molecule has 0 saturated carbocycles. The number of aliphatic carboxylic acids is 1. The highest BCUT2D eigenvalue weighted by Crippen LogP contribution is 2.25. The molecular formula is C15H21NO4. The lowest BCUT2D eigenvalue weighted by molar-refractivity contribution is -0.149. The summed E-state index contributed by atoms with van der Waals surface area (Å²) >= 11 is 0. The average Bonchev–Trinajstić information content (AvgIpc) is 2.37. The van der Waals surface area contributed by atoms with Crippen LogP contribution in [0, 0.1) is 5.41 Å². The van der Waals surface area contributed by atoms with Gasteiger partial charge >= 0.3 is 5.97 Å². The summed E-state index contributed by atoms with van der Waals surface area (Å²) in [5.41, 5.74) is -0.221. The van der Waals surface area contributed by atoms with E-state index in [9.17, 15) is 9.59 Å². The predicted octanol–water partition coefficient (Wildman–Crippen LogP) is 2.37. The van der Waals surface area contributed by atoms with Crippen molar-refractivity contribution in [2.45, 2.75) is 33.2 Å². The highest BCUT2D eigenvalue weighted by atomic mass is 16.5. The average molecular weight is 279 g/mol. The molecule has 5 heteroatoms. The van der Waals surface area contributed by atoms with Crippen LogP contribution in [0.4, 0.5) is 0 Å². The molecule has 0 bridgehead atoms. The fraction of sp³-hybridized carbons (Fsp3) is 0.467. The first kappa shape index (κ1) is 16.0. The first-order chi connectivity index (χ1) is 9.27. The maximum Gasteiger partial charge on any atom is 0.309 e. The van der Waals surface area contributed by atoms with E-state index >= 15 is 0 Å².